The van der Waals surface area contributed by atoms with Crippen LogP contribution in [0, 0.1) is 12.7 Å². The minimum Gasteiger partial charge on any atom is -0.477 e. The lowest BCUT2D eigenvalue weighted by atomic mass is 10.3. The van der Waals surface area contributed by atoms with Crippen molar-refractivity contribution < 1.29 is 19.1 Å². The predicted molar refractivity (Wildman–Crippen MR) is 46.1 cm³/mol. The number of carbonyl (C=O) groups is 2. The van der Waals surface area contributed by atoms with Crippen LogP contribution in [0.4, 0.5) is 4.39 Å². The number of carboxylic acid groups (broad SMARTS) is 1. The third kappa shape index (κ3) is 3.61. The fourth-order valence-corrected chi connectivity index (χ4v) is 0.663. The number of nitrogens with two attached hydrogens (primary N) is 1. The number of nitrogens with zero attached hydrogens (tertiary/aromatic N) is 1. The van der Waals surface area contributed by atoms with Crippen molar-refractivity contribution >= 4 is 12.4 Å². The maximum absolute atomic E-state index is 12.5. The highest BCUT2D eigenvalue weighted by Crippen LogP contribution is 2.03. The van der Waals surface area contributed by atoms with Gasteiger partial charge in [-0.15, -0.1) is 0 Å². The van der Waals surface area contributed by atoms with Crippen molar-refractivity contribution in [2.75, 3.05) is 0 Å². The highest BCUT2D eigenvalue weighted by Gasteiger charge is 2.05. The van der Waals surface area contributed by atoms with E-state index < -0.39 is 11.8 Å². The van der Waals surface area contributed by atoms with Crippen LogP contribution < -0.4 is 5.73 Å². The molecule has 1 heterocycles. The molecule has 0 fully saturated rings. The monoisotopic (exact) mass is 200 g/mol. The van der Waals surface area contributed by atoms with Crippen LogP contribution in [0.1, 0.15) is 16.2 Å². The van der Waals surface area contributed by atoms with Gasteiger partial charge in [-0.2, -0.15) is 0 Å². The summed E-state index contributed by atoms with van der Waals surface area (Å²) in [4.78, 5) is 22.4. The minimum atomic E-state index is -1.15. The molecule has 0 aromatic carbocycles. The molecular weight excluding hydrogens is 191 g/mol. The molecule has 0 spiro atoms. The summed E-state index contributed by atoms with van der Waals surface area (Å²) in [5, 5.41) is 8.42. The van der Waals surface area contributed by atoms with Crippen molar-refractivity contribution in [2.24, 2.45) is 5.73 Å². The van der Waals surface area contributed by atoms with Gasteiger partial charge in [0.1, 0.15) is 11.5 Å². The second-order valence-electron chi connectivity index (χ2n) is 2.20. The Hall–Kier alpha value is -1.98. The van der Waals surface area contributed by atoms with E-state index in [4.69, 9.17) is 9.90 Å². The van der Waals surface area contributed by atoms with Gasteiger partial charge in [-0.3, -0.25) is 4.79 Å². The molecule has 5 nitrogen and oxygen atoms in total. The van der Waals surface area contributed by atoms with Crippen molar-refractivity contribution in [1.82, 2.24) is 4.98 Å². The maximum atomic E-state index is 12.5. The molecule has 3 N–H and O–H groups in total. The Kier molecular flexibility index (Phi) is 4.83. The quantitative estimate of drug-likeness (QED) is 0.638. The normalized spacial score (nSPS) is 8.43. The summed E-state index contributed by atoms with van der Waals surface area (Å²) in [5.41, 5.74) is 4.13. The number of carboxylic acids is 1. The lowest BCUT2D eigenvalue weighted by Gasteiger charge is -1.95. The van der Waals surface area contributed by atoms with Gasteiger partial charge < -0.3 is 10.8 Å². The van der Waals surface area contributed by atoms with Gasteiger partial charge in [-0.05, 0) is 19.1 Å². The smallest absolute Gasteiger partial charge is 0.354 e. The molecule has 1 rings (SSSR count). The van der Waals surface area contributed by atoms with Crippen molar-refractivity contribution in [3.8, 4) is 0 Å². The van der Waals surface area contributed by atoms with E-state index in [-0.39, 0.29) is 17.8 Å². The number of hydrogen-bond acceptors (Lipinski definition) is 3. The molecule has 1 aromatic heterocycles. The van der Waals surface area contributed by atoms with Gasteiger partial charge >= 0.3 is 5.97 Å². The molecular formula is C8H9FN2O3. The first kappa shape index (κ1) is 12.0. The summed E-state index contributed by atoms with van der Waals surface area (Å²) in [7, 11) is 0. The van der Waals surface area contributed by atoms with Gasteiger partial charge in [-0.1, -0.05) is 0 Å². The molecule has 0 unspecified atom stereocenters. The second kappa shape index (κ2) is 5.63. The average molecular weight is 200 g/mol. The van der Waals surface area contributed by atoms with Crippen LogP contribution in [0.5, 0.6) is 0 Å². The molecule has 0 radical (unpaired) electrons. The molecule has 6 heteroatoms. The van der Waals surface area contributed by atoms with E-state index in [1.165, 1.54) is 6.92 Å². The Morgan fingerprint density at radius 1 is 1.64 bits per heavy atom. The Labute approximate surface area is 79.4 Å². The summed E-state index contributed by atoms with van der Waals surface area (Å²) in [5.74, 6) is -1.64. The summed E-state index contributed by atoms with van der Waals surface area (Å²) in [6, 6.07) is 2.22. The number of carbonyl (C=O) groups excluding carboxylic acids is 1. The highest BCUT2D eigenvalue weighted by molar-refractivity contribution is 5.85. The number of aromatic carboxylic acids is 1. The van der Waals surface area contributed by atoms with Gasteiger partial charge in [0, 0.05) is 0 Å². The van der Waals surface area contributed by atoms with Crippen LogP contribution in [0.3, 0.4) is 0 Å². The Bertz CT molecular complexity index is 341. The molecule has 14 heavy (non-hydrogen) atoms. The van der Waals surface area contributed by atoms with Crippen molar-refractivity contribution in [3.63, 3.8) is 0 Å². The lowest BCUT2D eigenvalue weighted by Crippen LogP contribution is -2.02. The van der Waals surface area contributed by atoms with Crippen LogP contribution in [-0.4, -0.2) is 22.5 Å². The highest BCUT2D eigenvalue weighted by atomic mass is 19.1. The van der Waals surface area contributed by atoms with Crippen molar-refractivity contribution in [2.45, 2.75) is 6.92 Å². The van der Waals surface area contributed by atoms with E-state index in [9.17, 15) is 9.18 Å². The number of halogens is 1. The number of hydrogen-bond donors (Lipinski definition) is 2. The van der Waals surface area contributed by atoms with Crippen molar-refractivity contribution in [3.05, 3.63) is 29.3 Å². The van der Waals surface area contributed by atoms with E-state index in [1.807, 2.05) is 0 Å². The van der Waals surface area contributed by atoms with Crippen LogP contribution in [0.25, 0.3) is 0 Å². The predicted octanol–water partition coefficient (Wildman–Crippen LogP) is 0.329. The first-order valence-corrected chi connectivity index (χ1v) is 3.54. The van der Waals surface area contributed by atoms with Crippen LogP contribution in [0.2, 0.25) is 0 Å². The van der Waals surface area contributed by atoms with Gasteiger partial charge in [0.25, 0.3) is 0 Å². The SMILES string of the molecule is Cc1nc(C(=O)O)ccc1F.NC=O. The fraction of sp³-hybridized carbons (Fsp3) is 0.125. The topological polar surface area (TPSA) is 93.3 Å². The second-order valence-corrected chi connectivity index (χ2v) is 2.20. The standard InChI is InChI=1S/C7H6FNO2.CH3NO/c1-4-5(8)2-3-6(9-4)7(10)11;2-1-3/h2-3H,1H3,(H,10,11);1H,(H2,2,3). The molecule has 0 saturated heterocycles. The molecule has 0 atom stereocenters. The van der Waals surface area contributed by atoms with Gasteiger partial charge in [-0.25, -0.2) is 14.2 Å². The zero-order valence-corrected chi connectivity index (χ0v) is 7.40. The average Bonchev–Trinajstić information content (AvgIpc) is 2.10. The largest absolute Gasteiger partial charge is 0.477 e. The molecule has 0 aliphatic heterocycles. The summed E-state index contributed by atoms with van der Waals surface area (Å²) in [6.45, 7) is 1.42. The zero-order valence-electron chi connectivity index (χ0n) is 7.40. The molecule has 76 valence electrons. The molecule has 0 bridgehead atoms. The summed E-state index contributed by atoms with van der Waals surface area (Å²) < 4.78 is 12.5. The summed E-state index contributed by atoms with van der Waals surface area (Å²) in [6.07, 6.45) is 0.250. The number of primary amides is 1. The number of pyridine rings is 1. The van der Waals surface area contributed by atoms with Crippen LogP contribution in [0.15, 0.2) is 12.1 Å². The van der Waals surface area contributed by atoms with E-state index in [0.717, 1.165) is 12.1 Å². The first-order chi connectivity index (χ1) is 6.52. The third-order valence-electron chi connectivity index (χ3n) is 1.24. The molecule has 1 aromatic rings. The van der Waals surface area contributed by atoms with E-state index in [2.05, 4.69) is 10.7 Å². The first-order valence-electron chi connectivity index (χ1n) is 3.54. The van der Waals surface area contributed by atoms with E-state index in [0.29, 0.717) is 0 Å². The van der Waals surface area contributed by atoms with Gasteiger partial charge in [0.05, 0.1) is 5.69 Å². The van der Waals surface area contributed by atoms with E-state index in [1.54, 1.807) is 0 Å². The molecule has 0 saturated carbocycles. The zero-order chi connectivity index (χ0) is 11.1. The number of aryl methyl sites for hydroxylation is 1. The third-order valence-corrected chi connectivity index (χ3v) is 1.24. The maximum Gasteiger partial charge on any atom is 0.354 e. The van der Waals surface area contributed by atoms with Crippen molar-refractivity contribution in [1.29, 1.82) is 0 Å². The lowest BCUT2D eigenvalue weighted by molar-refractivity contribution is -0.106. The van der Waals surface area contributed by atoms with Crippen LogP contribution in [-0.2, 0) is 4.79 Å². The number of aromatic nitrogens is 1. The Morgan fingerprint density at radius 3 is 2.50 bits per heavy atom. The number of rotatable bonds is 1. The van der Waals surface area contributed by atoms with Gasteiger partial charge in [0.2, 0.25) is 6.41 Å². The number of amides is 1. The Balaban J connectivity index is 0.000000500. The van der Waals surface area contributed by atoms with E-state index >= 15 is 0 Å². The fourth-order valence-electron chi connectivity index (χ4n) is 0.663. The molecule has 0 aliphatic carbocycles. The Morgan fingerprint density at radius 2 is 2.14 bits per heavy atom. The van der Waals surface area contributed by atoms with Crippen LogP contribution >= 0.6 is 0 Å². The molecule has 1 amide bonds. The molecule has 0 aliphatic rings. The summed E-state index contributed by atoms with van der Waals surface area (Å²) >= 11 is 0. The van der Waals surface area contributed by atoms with Gasteiger partial charge in [0.15, 0.2) is 0 Å². The minimum absolute atomic E-state index is 0.102.